The number of aromatic nitrogens is 3. The van der Waals surface area contributed by atoms with Crippen LogP contribution in [0.15, 0.2) is 17.2 Å². The fourth-order valence-corrected chi connectivity index (χ4v) is 4.47. The average Bonchev–Trinajstić information content (AvgIpc) is 2.77. The SMILES string of the molecule is Cc1nn(C)c2ncc(S(=O)(=O)NCCNC3CCCCCC3)cc12.Cl. The van der Waals surface area contributed by atoms with E-state index in [0.717, 1.165) is 11.1 Å². The van der Waals surface area contributed by atoms with Crippen molar-refractivity contribution in [2.24, 2.45) is 7.05 Å². The molecule has 1 aliphatic rings. The van der Waals surface area contributed by atoms with Gasteiger partial charge in [-0.2, -0.15) is 5.10 Å². The van der Waals surface area contributed by atoms with E-state index in [1.54, 1.807) is 17.8 Å². The van der Waals surface area contributed by atoms with E-state index in [1.165, 1.54) is 44.7 Å². The van der Waals surface area contributed by atoms with Crippen molar-refractivity contribution in [3.8, 4) is 0 Å². The molecule has 0 aliphatic heterocycles. The van der Waals surface area contributed by atoms with E-state index in [9.17, 15) is 8.42 Å². The maximum Gasteiger partial charge on any atom is 0.242 e. The summed E-state index contributed by atoms with van der Waals surface area (Å²) >= 11 is 0. The topological polar surface area (TPSA) is 88.9 Å². The number of rotatable bonds is 6. The molecule has 3 rings (SSSR count). The Hall–Kier alpha value is -1.22. The molecule has 0 spiro atoms. The van der Waals surface area contributed by atoms with Gasteiger partial charge in [-0.3, -0.25) is 4.68 Å². The van der Waals surface area contributed by atoms with Gasteiger partial charge < -0.3 is 5.32 Å². The van der Waals surface area contributed by atoms with Crippen LogP contribution < -0.4 is 10.0 Å². The second kappa shape index (κ2) is 9.12. The van der Waals surface area contributed by atoms with Gasteiger partial charge in [-0.05, 0) is 25.8 Å². The molecule has 0 amide bonds. The third-order valence-corrected chi connectivity index (χ3v) is 6.28. The molecular weight excluding hydrogens is 374 g/mol. The first-order chi connectivity index (χ1) is 12.0. The molecule has 7 nitrogen and oxygen atoms in total. The quantitative estimate of drug-likeness (QED) is 0.572. The van der Waals surface area contributed by atoms with E-state index < -0.39 is 10.0 Å². The largest absolute Gasteiger partial charge is 0.313 e. The molecule has 0 atom stereocenters. The third-order valence-electron chi connectivity index (χ3n) is 4.85. The third kappa shape index (κ3) is 4.94. The zero-order chi connectivity index (χ0) is 17.9. The number of nitrogens with zero attached hydrogens (tertiary/aromatic N) is 3. The molecule has 2 heterocycles. The lowest BCUT2D eigenvalue weighted by atomic mass is 10.1. The molecule has 0 saturated heterocycles. The second-order valence-electron chi connectivity index (χ2n) is 6.79. The van der Waals surface area contributed by atoms with Crippen molar-refractivity contribution in [1.29, 1.82) is 0 Å². The van der Waals surface area contributed by atoms with Crippen LogP contribution in [0.3, 0.4) is 0 Å². The molecule has 1 fully saturated rings. The van der Waals surface area contributed by atoms with Crippen LogP contribution in [0.2, 0.25) is 0 Å². The normalized spacial score (nSPS) is 16.4. The Morgan fingerprint density at radius 1 is 1.19 bits per heavy atom. The van der Waals surface area contributed by atoms with Crippen molar-refractivity contribution < 1.29 is 8.42 Å². The second-order valence-corrected chi connectivity index (χ2v) is 8.56. The number of aryl methyl sites for hydroxylation is 2. The molecule has 0 bridgehead atoms. The van der Waals surface area contributed by atoms with E-state index in [-0.39, 0.29) is 17.3 Å². The first kappa shape index (κ1) is 21.1. The summed E-state index contributed by atoms with van der Waals surface area (Å²) in [6.07, 6.45) is 8.92. The van der Waals surface area contributed by atoms with Gasteiger partial charge in [-0.15, -0.1) is 12.4 Å². The monoisotopic (exact) mass is 401 g/mol. The lowest BCUT2D eigenvalue weighted by Crippen LogP contribution is -2.36. The number of hydrogen-bond donors (Lipinski definition) is 2. The summed E-state index contributed by atoms with van der Waals surface area (Å²) in [5.41, 5.74) is 1.46. The zero-order valence-corrected chi connectivity index (χ0v) is 17.0. The van der Waals surface area contributed by atoms with Gasteiger partial charge in [0, 0.05) is 37.8 Å². The Labute approximate surface area is 161 Å². The average molecular weight is 402 g/mol. The van der Waals surface area contributed by atoms with Gasteiger partial charge in [0.2, 0.25) is 10.0 Å². The van der Waals surface area contributed by atoms with Gasteiger partial charge in [0.05, 0.1) is 5.69 Å². The minimum Gasteiger partial charge on any atom is -0.313 e. The summed E-state index contributed by atoms with van der Waals surface area (Å²) in [6, 6.07) is 2.16. The molecule has 1 aliphatic carbocycles. The van der Waals surface area contributed by atoms with Gasteiger partial charge in [-0.25, -0.2) is 18.1 Å². The molecule has 26 heavy (non-hydrogen) atoms. The highest BCUT2D eigenvalue weighted by molar-refractivity contribution is 7.89. The van der Waals surface area contributed by atoms with Crippen molar-refractivity contribution >= 4 is 33.5 Å². The van der Waals surface area contributed by atoms with E-state index in [2.05, 4.69) is 20.1 Å². The number of fused-ring (bicyclic) bond motifs is 1. The van der Waals surface area contributed by atoms with Gasteiger partial charge in [-0.1, -0.05) is 25.7 Å². The van der Waals surface area contributed by atoms with Gasteiger partial charge in [0.15, 0.2) is 5.65 Å². The summed E-state index contributed by atoms with van der Waals surface area (Å²) in [6.45, 7) is 2.87. The molecule has 2 aromatic heterocycles. The van der Waals surface area contributed by atoms with Crippen molar-refractivity contribution in [2.45, 2.75) is 56.4 Å². The predicted molar refractivity (Wildman–Crippen MR) is 105 cm³/mol. The number of hydrogen-bond acceptors (Lipinski definition) is 5. The van der Waals surface area contributed by atoms with Gasteiger partial charge in [0.1, 0.15) is 4.90 Å². The molecule has 2 N–H and O–H groups in total. The Morgan fingerprint density at radius 2 is 1.88 bits per heavy atom. The molecule has 0 radical (unpaired) electrons. The highest BCUT2D eigenvalue weighted by Gasteiger charge is 2.17. The van der Waals surface area contributed by atoms with E-state index in [0.29, 0.717) is 24.8 Å². The van der Waals surface area contributed by atoms with Crippen LogP contribution in [0.1, 0.15) is 44.2 Å². The lowest BCUT2D eigenvalue weighted by Gasteiger charge is -2.16. The summed E-state index contributed by atoms with van der Waals surface area (Å²) in [7, 11) is -1.76. The fourth-order valence-electron chi connectivity index (χ4n) is 3.46. The number of sulfonamides is 1. The van der Waals surface area contributed by atoms with Crippen molar-refractivity contribution in [3.05, 3.63) is 18.0 Å². The highest BCUT2D eigenvalue weighted by atomic mass is 35.5. The maximum atomic E-state index is 12.5. The standard InChI is InChI=1S/C17H27N5O2S.ClH/c1-13-16-11-15(12-19-17(16)22(2)21-13)25(23,24)20-10-9-18-14-7-5-3-4-6-8-14;/h11-12,14,18,20H,3-10H2,1-2H3;1H. The molecule has 1 saturated carbocycles. The minimum atomic E-state index is -3.56. The molecule has 9 heteroatoms. The summed E-state index contributed by atoms with van der Waals surface area (Å²) < 4.78 is 29.3. The number of nitrogens with one attached hydrogen (secondary N) is 2. The molecular formula is C17H28ClN5O2S. The van der Waals surface area contributed by atoms with Crippen LogP contribution in [0, 0.1) is 6.92 Å². The minimum absolute atomic E-state index is 0. The van der Waals surface area contributed by atoms with Crippen LogP contribution in [-0.4, -0.2) is 42.3 Å². The van der Waals surface area contributed by atoms with Gasteiger partial charge >= 0.3 is 0 Å². The maximum absolute atomic E-state index is 12.5. The van der Waals surface area contributed by atoms with Gasteiger partial charge in [0.25, 0.3) is 0 Å². The van der Waals surface area contributed by atoms with Crippen molar-refractivity contribution in [2.75, 3.05) is 13.1 Å². The number of halogens is 1. The summed E-state index contributed by atoms with van der Waals surface area (Å²) in [5, 5.41) is 8.51. The van der Waals surface area contributed by atoms with Crippen LogP contribution >= 0.6 is 12.4 Å². The van der Waals surface area contributed by atoms with E-state index >= 15 is 0 Å². The Kier molecular flexibility index (Phi) is 7.40. The highest BCUT2D eigenvalue weighted by Crippen LogP contribution is 2.19. The van der Waals surface area contributed by atoms with Crippen molar-refractivity contribution in [1.82, 2.24) is 24.8 Å². The lowest BCUT2D eigenvalue weighted by molar-refractivity contribution is 0.461. The Bertz CT molecular complexity index is 829. The fraction of sp³-hybridized carbons (Fsp3) is 0.647. The number of pyridine rings is 1. The van der Waals surface area contributed by atoms with Crippen LogP contribution in [0.4, 0.5) is 0 Å². The van der Waals surface area contributed by atoms with Crippen LogP contribution in [-0.2, 0) is 17.1 Å². The predicted octanol–water partition coefficient (Wildman–Crippen LogP) is 2.29. The van der Waals surface area contributed by atoms with Crippen LogP contribution in [0.25, 0.3) is 11.0 Å². The molecule has 0 aromatic carbocycles. The van der Waals surface area contributed by atoms with E-state index in [4.69, 9.17) is 0 Å². The summed E-state index contributed by atoms with van der Waals surface area (Å²) in [5.74, 6) is 0. The first-order valence-corrected chi connectivity index (χ1v) is 10.5. The smallest absolute Gasteiger partial charge is 0.242 e. The Balaban J connectivity index is 0.00000243. The Morgan fingerprint density at radius 3 is 2.58 bits per heavy atom. The zero-order valence-electron chi connectivity index (χ0n) is 15.4. The van der Waals surface area contributed by atoms with Crippen LogP contribution in [0.5, 0.6) is 0 Å². The molecule has 2 aromatic rings. The van der Waals surface area contributed by atoms with Crippen molar-refractivity contribution in [3.63, 3.8) is 0 Å². The molecule has 146 valence electrons. The first-order valence-electron chi connectivity index (χ1n) is 9.00. The van der Waals surface area contributed by atoms with E-state index in [1.807, 2.05) is 6.92 Å². The summed E-state index contributed by atoms with van der Waals surface area (Å²) in [4.78, 5) is 4.43. The molecule has 0 unspecified atom stereocenters.